The number of aryl methyl sites for hydroxylation is 1. The number of rotatable bonds is 9. The van der Waals surface area contributed by atoms with Gasteiger partial charge in [0.25, 0.3) is 11.5 Å². The highest BCUT2D eigenvalue weighted by molar-refractivity contribution is 5.95. The van der Waals surface area contributed by atoms with Gasteiger partial charge in [0.2, 0.25) is 5.62 Å². The summed E-state index contributed by atoms with van der Waals surface area (Å²) in [6.45, 7) is 9.93. The SMILES string of the molecule is C=Nn1c(=O)c(N2CCN(C(=O)c3ncnc(C)c3O)CC2)c(CC)n(CC=O)c1=NCC1=CCOCC1.CNc1ccc(C(F)(F)F)cn1. The minimum Gasteiger partial charge on any atom is -0.504 e. The van der Waals surface area contributed by atoms with Crippen LogP contribution in [0.1, 0.15) is 40.8 Å². The number of pyridine rings is 1. The second kappa shape index (κ2) is 16.8. The summed E-state index contributed by atoms with van der Waals surface area (Å²) < 4.78 is 44.1. The Morgan fingerprint density at radius 1 is 1.18 bits per heavy atom. The second-order valence-corrected chi connectivity index (χ2v) is 11.1. The molecule has 2 N–H and O–H groups in total. The Balaban J connectivity index is 0.000000396. The van der Waals surface area contributed by atoms with Crippen LogP contribution < -0.4 is 21.4 Å². The van der Waals surface area contributed by atoms with Crippen LogP contribution in [0, 0.1) is 6.92 Å². The predicted molar refractivity (Wildman–Crippen MR) is 178 cm³/mol. The first-order valence-electron chi connectivity index (χ1n) is 15.8. The number of anilines is 2. The van der Waals surface area contributed by atoms with E-state index >= 15 is 0 Å². The molecule has 1 saturated heterocycles. The van der Waals surface area contributed by atoms with Crippen molar-refractivity contribution in [2.24, 2.45) is 10.1 Å². The van der Waals surface area contributed by atoms with Gasteiger partial charge in [0.1, 0.15) is 24.1 Å². The van der Waals surface area contributed by atoms with E-state index in [0.29, 0.717) is 75.3 Å². The number of aromatic nitrogens is 5. The lowest BCUT2D eigenvalue weighted by molar-refractivity contribution is -0.137. The molecule has 15 nitrogen and oxygen atoms in total. The van der Waals surface area contributed by atoms with Crippen molar-refractivity contribution in [1.29, 1.82) is 0 Å². The van der Waals surface area contributed by atoms with E-state index in [1.165, 1.54) is 12.4 Å². The first-order valence-corrected chi connectivity index (χ1v) is 15.8. The van der Waals surface area contributed by atoms with E-state index in [4.69, 9.17) is 4.74 Å². The fourth-order valence-electron chi connectivity index (χ4n) is 5.40. The predicted octanol–water partition coefficient (Wildman–Crippen LogP) is 2.03. The van der Waals surface area contributed by atoms with Gasteiger partial charge >= 0.3 is 6.18 Å². The zero-order valence-corrected chi connectivity index (χ0v) is 28.0. The van der Waals surface area contributed by atoms with Crippen LogP contribution in [-0.2, 0) is 28.7 Å². The average Bonchev–Trinajstić information content (AvgIpc) is 3.12. The molecule has 18 heteroatoms. The summed E-state index contributed by atoms with van der Waals surface area (Å²) in [4.78, 5) is 57.9. The zero-order chi connectivity index (χ0) is 36.4. The third-order valence-electron chi connectivity index (χ3n) is 8.08. The van der Waals surface area contributed by atoms with Gasteiger partial charge in [-0.2, -0.15) is 22.9 Å². The summed E-state index contributed by atoms with van der Waals surface area (Å²) in [5.41, 5.74) is 1.56. The maximum absolute atomic E-state index is 13.7. The third kappa shape index (κ3) is 8.60. The van der Waals surface area contributed by atoms with E-state index < -0.39 is 17.6 Å². The van der Waals surface area contributed by atoms with E-state index in [0.717, 1.165) is 35.2 Å². The molecular formula is C32H39F3N10O5. The fourth-order valence-corrected chi connectivity index (χ4v) is 5.40. The van der Waals surface area contributed by atoms with Crippen LogP contribution in [0.4, 0.5) is 24.7 Å². The molecule has 0 aliphatic carbocycles. The Morgan fingerprint density at radius 3 is 2.48 bits per heavy atom. The molecule has 3 aromatic rings. The van der Waals surface area contributed by atoms with Crippen molar-refractivity contribution < 1.29 is 32.6 Å². The van der Waals surface area contributed by atoms with Crippen LogP contribution in [0.15, 0.2) is 51.2 Å². The molecular weight excluding hydrogens is 661 g/mol. The van der Waals surface area contributed by atoms with Crippen molar-refractivity contribution in [2.45, 2.75) is 39.4 Å². The number of piperazine rings is 1. The highest BCUT2D eigenvalue weighted by Gasteiger charge is 2.31. The van der Waals surface area contributed by atoms with Crippen LogP contribution in [0.3, 0.4) is 0 Å². The van der Waals surface area contributed by atoms with Crippen molar-refractivity contribution in [3.05, 3.63) is 74.9 Å². The first-order chi connectivity index (χ1) is 23.9. The average molecular weight is 701 g/mol. The number of aldehydes is 1. The van der Waals surface area contributed by atoms with E-state index in [1.54, 1.807) is 23.4 Å². The number of amides is 1. The summed E-state index contributed by atoms with van der Waals surface area (Å²) in [6, 6.07) is 2.27. The van der Waals surface area contributed by atoms with Crippen molar-refractivity contribution in [1.82, 2.24) is 29.1 Å². The normalized spacial score (nSPS) is 15.2. The van der Waals surface area contributed by atoms with E-state index in [1.807, 2.05) is 17.9 Å². The summed E-state index contributed by atoms with van der Waals surface area (Å²) in [6.07, 6.45) is 1.69. The van der Waals surface area contributed by atoms with Gasteiger partial charge in [-0.1, -0.05) is 13.0 Å². The Labute approximate surface area is 285 Å². The van der Waals surface area contributed by atoms with E-state index in [9.17, 15) is 32.7 Å². The van der Waals surface area contributed by atoms with Gasteiger partial charge in [-0.15, -0.1) is 0 Å². The number of halogens is 3. The topological polar surface area (TPSA) is 172 Å². The monoisotopic (exact) mass is 700 g/mol. The number of carbonyl (C=O) groups excluding carboxylic acids is 2. The molecule has 5 heterocycles. The van der Waals surface area contributed by atoms with E-state index in [2.05, 4.69) is 37.1 Å². The highest BCUT2D eigenvalue weighted by atomic mass is 19.4. The Morgan fingerprint density at radius 2 is 1.92 bits per heavy atom. The Kier molecular flexibility index (Phi) is 12.6. The van der Waals surface area contributed by atoms with E-state index in [-0.39, 0.29) is 29.2 Å². The molecule has 2 aliphatic rings. The standard InChI is InChI=1S/C25H32N8O5.C7H7F3N2/c1-4-19-21(30-7-9-31(10-8-30)23(36)20-22(35)17(2)28-16-29-20)24(37)33(26-3)25(32(19)11-12-34)27-15-18-5-13-38-14-6-18;1-11-6-3-2-5(4-12-6)7(8,9)10/h5,12,16,35H,3-4,6-11,13-15H2,1-2H3;2-4H,1H3,(H,11,12). The van der Waals surface area contributed by atoms with Gasteiger partial charge in [-0.25, -0.2) is 19.9 Å². The summed E-state index contributed by atoms with van der Waals surface area (Å²) in [7, 11) is 1.59. The molecule has 50 heavy (non-hydrogen) atoms. The number of hydrogen-bond donors (Lipinski definition) is 2. The van der Waals surface area contributed by atoms with Gasteiger partial charge in [0.05, 0.1) is 43.3 Å². The largest absolute Gasteiger partial charge is 0.504 e. The zero-order valence-electron chi connectivity index (χ0n) is 28.0. The number of nitrogens with one attached hydrogen (secondary N) is 1. The Hall–Kier alpha value is -5.39. The minimum atomic E-state index is -4.31. The van der Waals surface area contributed by atoms with Crippen LogP contribution in [-0.4, -0.2) is 106 Å². The molecule has 268 valence electrons. The van der Waals surface area contributed by atoms with Gasteiger partial charge in [-0.05, 0) is 37.5 Å². The van der Waals surface area contributed by atoms with Crippen molar-refractivity contribution in [3.63, 3.8) is 0 Å². The van der Waals surface area contributed by atoms with Crippen LogP contribution >= 0.6 is 0 Å². The van der Waals surface area contributed by atoms with Gasteiger partial charge in [-0.3, -0.25) is 9.59 Å². The summed E-state index contributed by atoms with van der Waals surface area (Å²) in [5.74, 6) is -0.219. The molecule has 0 unspecified atom stereocenters. The molecule has 2 aliphatic heterocycles. The molecule has 0 radical (unpaired) electrons. The summed E-state index contributed by atoms with van der Waals surface area (Å²) in [5, 5.41) is 16.8. The highest BCUT2D eigenvalue weighted by Crippen LogP contribution is 2.28. The molecule has 0 bridgehead atoms. The molecule has 1 fully saturated rings. The molecule has 5 rings (SSSR count). The molecule has 3 aromatic heterocycles. The number of nitrogens with zero attached hydrogens (tertiary/aromatic N) is 9. The Bertz CT molecular complexity index is 1850. The van der Waals surface area contributed by atoms with Gasteiger partial charge in [0, 0.05) is 46.1 Å². The minimum absolute atomic E-state index is 0.00223. The molecule has 1 amide bonds. The lowest BCUT2D eigenvalue weighted by Gasteiger charge is -2.36. The van der Waals surface area contributed by atoms with Crippen LogP contribution in [0.2, 0.25) is 0 Å². The fraction of sp³-hybridized carbons (Fsp3) is 0.438. The van der Waals surface area contributed by atoms with Gasteiger partial charge < -0.3 is 34.3 Å². The number of alkyl halides is 3. The smallest absolute Gasteiger partial charge is 0.417 e. The molecule has 0 saturated carbocycles. The van der Waals surface area contributed by atoms with Crippen molar-refractivity contribution >= 4 is 30.4 Å². The van der Waals surface area contributed by atoms with Gasteiger partial charge in [0.15, 0.2) is 11.4 Å². The number of ether oxygens (including phenoxy) is 1. The second-order valence-electron chi connectivity index (χ2n) is 11.1. The first kappa shape index (κ1) is 37.4. The quantitative estimate of drug-likeness (QED) is 0.191. The lowest BCUT2D eigenvalue weighted by atomic mass is 10.1. The maximum atomic E-state index is 13.7. The maximum Gasteiger partial charge on any atom is 0.417 e. The molecule has 0 spiro atoms. The summed E-state index contributed by atoms with van der Waals surface area (Å²) >= 11 is 0. The van der Waals surface area contributed by atoms with Crippen LogP contribution in [0.5, 0.6) is 5.75 Å². The van der Waals surface area contributed by atoms with Crippen molar-refractivity contribution in [3.8, 4) is 5.75 Å². The molecule has 0 aromatic carbocycles. The number of aromatic hydroxyl groups is 1. The van der Waals surface area contributed by atoms with Crippen molar-refractivity contribution in [2.75, 3.05) is 63.2 Å². The number of hydrogen-bond acceptors (Lipinski definition) is 12. The lowest BCUT2D eigenvalue weighted by Crippen LogP contribution is -2.52. The third-order valence-corrected chi connectivity index (χ3v) is 8.08. The van der Waals surface area contributed by atoms with Crippen LogP contribution in [0.25, 0.3) is 0 Å². The molecule has 0 atom stereocenters. The number of carbonyl (C=O) groups is 2.